The minimum absolute atomic E-state index is 0.192. The predicted molar refractivity (Wildman–Crippen MR) is 96.8 cm³/mol. The van der Waals surface area contributed by atoms with Crippen LogP contribution in [0.2, 0.25) is 0 Å². The summed E-state index contributed by atoms with van der Waals surface area (Å²) in [7, 11) is 0. The number of hydrogen-bond donors (Lipinski definition) is 2. The van der Waals surface area contributed by atoms with Gasteiger partial charge in [0.05, 0.1) is 18.2 Å². The highest BCUT2D eigenvalue weighted by molar-refractivity contribution is 5.75. The minimum Gasteiger partial charge on any atom is -0.454 e. The highest BCUT2D eigenvalue weighted by Gasteiger charge is 2.32. The van der Waals surface area contributed by atoms with Crippen molar-refractivity contribution >= 4 is 17.9 Å². The molecule has 0 saturated carbocycles. The van der Waals surface area contributed by atoms with Gasteiger partial charge in [0.1, 0.15) is 0 Å². The van der Waals surface area contributed by atoms with Crippen LogP contribution in [0.25, 0.3) is 0 Å². The number of rotatable bonds is 3. The van der Waals surface area contributed by atoms with Crippen molar-refractivity contribution in [3.63, 3.8) is 0 Å². The third-order valence-electron chi connectivity index (χ3n) is 4.03. The monoisotopic (exact) mass is 379 g/mol. The van der Waals surface area contributed by atoms with E-state index in [9.17, 15) is 9.59 Å². The van der Waals surface area contributed by atoms with Crippen molar-refractivity contribution < 1.29 is 28.5 Å². The van der Waals surface area contributed by atoms with Crippen molar-refractivity contribution in [2.45, 2.75) is 52.4 Å². The molecule has 1 aromatic carbocycles. The van der Waals surface area contributed by atoms with Crippen molar-refractivity contribution in [3.05, 3.63) is 17.7 Å². The first-order valence-electron chi connectivity index (χ1n) is 8.97. The number of fused-ring (bicyclic) bond motifs is 2. The Hall–Kier alpha value is -2.84. The Bertz CT molecular complexity index is 721. The second-order valence-corrected chi connectivity index (χ2v) is 6.97. The summed E-state index contributed by atoms with van der Waals surface area (Å²) in [6.45, 7) is 7.59. The lowest BCUT2D eigenvalue weighted by Gasteiger charge is -2.35. The van der Waals surface area contributed by atoms with Gasteiger partial charge in [-0.25, -0.2) is 20.0 Å². The molecule has 0 radical (unpaired) electrons. The first kappa shape index (κ1) is 18.9. The molecule has 1 aromatic rings. The van der Waals surface area contributed by atoms with Gasteiger partial charge >= 0.3 is 12.2 Å². The molecule has 1 atom stereocenters. The molecule has 9 heteroatoms. The molecular weight excluding hydrogens is 354 g/mol. The van der Waals surface area contributed by atoms with Crippen LogP contribution in [0.1, 0.15) is 33.3 Å². The van der Waals surface area contributed by atoms with Crippen LogP contribution in [0.15, 0.2) is 12.1 Å². The highest BCUT2D eigenvalue weighted by atomic mass is 16.7. The van der Waals surface area contributed by atoms with Crippen LogP contribution in [0.3, 0.4) is 0 Å². The zero-order valence-corrected chi connectivity index (χ0v) is 15.9. The van der Waals surface area contributed by atoms with Crippen molar-refractivity contribution in [2.24, 2.45) is 0 Å². The van der Waals surface area contributed by atoms with Gasteiger partial charge < -0.3 is 24.3 Å². The Kier molecular flexibility index (Phi) is 5.48. The van der Waals surface area contributed by atoms with E-state index in [-0.39, 0.29) is 25.0 Å². The molecule has 2 amide bonds. The van der Waals surface area contributed by atoms with Crippen LogP contribution in [-0.4, -0.2) is 48.8 Å². The molecule has 0 fully saturated rings. The maximum atomic E-state index is 12.5. The van der Waals surface area contributed by atoms with Gasteiger partial charge in [0, 0.05) is 18.3 Å². The fourth-order valence-corrected chi connectivity index (χ4v) is 2.94. The van der Waals surface area contributed by atoms with Crippen LogP contribution >= 0.6 is 0 Å². The van der Waals surface area contributed by atoms with E-state index < -0.39 is 12.2 Å². The predicted octanol–water partition coefficient (Wildman–Crippen LogP) is 2.65. The Morgan fingerprint density at radius 2 is 1.81 bits per heavy atom. The average molecular weight is 379 g/mol. The second-order valence-electron chi connectivity index (χ2n) is 6.97. The molecule has 148 valence electrons. The fourth-order valence-electron chi connectivity index (χ4n) is 2.94. The SMILES string of the molecule is CC(C)OC(=O)NN(C(=O)OC(C)C)[C@H]1CNc2cc3c(cc2C1)OCO3. The van der Waals surface area contributed by atoms with Gasteiger partial charge in [-0.3, -0.25) is 0 Å². The second kappa shape index (κ2) is 7.81. The molecule has 0 unspecified atom stereocenters. The number of benzene rings is 1. The topological polar surface area (TPSA) is 98.4 Å². The Morgan fingerprint density at radius 3 is 2.48 bits per heavy atom. The molecule has 2 N–H and O–H groups in total. The fraction of sp³-hybridized carbons (Fsp3) is 0.556. The summed E-state index contributed by atoms with van der Waals surface area (Å²) < 4.78 is 21.2. The van der Waals surface area contributed by atoms with E-state index in [1.165, 1.54) is 5.01 Å². The number of ether oxygens (including phenoxy) is 4. The van der Waals surface area contributed by atoms with Gasteiger partial charge in [0.2, 0.25) is 6.79 Å². The number of hydrazine groups is 1. The van der Waals surface area contributed by atoms with Crippen LogP contribution in [-0.2, 0) is 15.9 Å². The smallest absolute Gasteiger partial charge is 0.429 e. The zero-order valence-electron chi connectivity index (χ0n) is 15.9. The van der Waals surface area contributed by atoms with Gasteiger partial charge in [-0.1, -0.05) is 0 Å². The molecular formula is C18H25N3O6. The number of carbonyl (C=O) groups is 2. The van der Waals surface area contributed by atoms with Crippen LogP contribution in [0, 0.1) is 0 Å². The summed E-state index contributed by atoms with van der Waals surface area (Å²) in [5.41, 5.74) is 4.38. The van der Waals surface area contributed by atoms with Gasteiger partial charge in [0.15, 0.2) is 11.5 Å². The molecule has 0 spiro atoms. The van der Waals surface area contributed by atoms with E-state index in [1.807, 2.05) is 12.1 Å². The van der Waals surface area contributed by atoms with Crippen LogP contribution in [0.5, 0.6) is 11.5 Å². The van der Waals surface area contributed by atoms with Crippen LogP contribution < -0.4 is 20.2 Å². The number of nitrogens with zero attached hydrogens (tertiary/aromatic N) is 1. The van der Waals surface area contributed by atoms with E-state index in [0.717, 1.165) is 11.3 Å². The summed E-state index contributed by atoms with van der Waals surface area (Å²) in [6, 6.07) is 3.41. The van der Waals surface area contributed by atoms with Gasteiger partial charge in [-0.15, -0.1) is 0 Å². The van der Waals surface area contributed by atoms with E-state index in [4.69, 9.17) is 18.9 Å². The van der Waals surface area contributed by atoms with Crippen molar-refractivity contribution in [1.82, 2.24) is 10.4 Å². The first-order valence-corrected chi connectivity index (χ1v) is 8.97. The molecule has 9 nitrogen and oxygen atoms in total. The number of anilines is 1. The largest absolute Gasteiger partial charge is 0.454 e. The van der Waals surface area contributed by atoms with Gasteiger partial charge in [-0.2, -0.15) is 0 Å². The number of amides is 2. The number of nitrogens with one attached hydrogen (secondary N) is 2. The molecule has 0 bridgehead atoms. The molecule has 2 aliphatic heterocycles. The van der Waals surface area contributed by atoms with E-state index in [0.29, 0.717) is 24.5 Å². The van der Waals surface area contributed by atoms with Crippen molar-refractivity contribution in [1.29, 1.82) is 0 Å². The lowest BCUT2D eigenvalue weighted by Crippen LogP contribution is -2.56. The Morgan fingerprint density at radius 1 is 1.15 bits per heavy atom. The quantitative estimate of drug-likeness (QED) is 0.779. The normalized spacial score (nSPS) is 17.2. The molecule has 2 heterocycles. The van der Waals surface area contributed by atoms with Gasteiger partial charge in [0.25, 0.3) is 0 Å². The Labute approximate surface area is 157 Å². The maximum absolute atomic E-state index is 12.5. The maximum Gasteiger partial charge on any atom is 0.429 e. The molecule has 27 heavy (non-hydrogen) atoms. The lowest BCUT2D eigenvalue weighted by molar-refractivity contribution is 0.0327. The third kappa shape index (κ3) is 4.47. The van der Waals surface area contributed by atoms with E-state index in [1.54, 1.807) is 27.7 Å². The average Bonchev–Trinajstić information content (AvgIpc) is 3.03. The molecule has 0 aliphatic carbocycles. The summed E-state index contributed by atoms with van der Waals surface area (Å²) in [6.07, 6.45) is -1.46. The molecule has 0 saturated heterocycles. The lowest BCUT2D eigenvalue weighted by atomic mass is 9.98. The standard InChI is InChI=1S/C18H25N3O6/c1-10(2)26-17(22)20-21(18(23)27-11(3)4)13-5-12-6-15-16(25-9-24-15)7-14(12)19-8-13/h6-7,10-11,13,19H,5,8-9H2,1-4H3,(H,20,22)/t13-/m1/s1. The zero-order chi connectivity index (χ0) is 19.6. The highest BCUT2D eigenvalue weighted by Crippen LogP contribution is 2.39. The summed E-state index contributed by atoms with van der Waals surface area (Å²) in [5.74, 6) is 1.36. The molecule has 3 rings (SSSR count). The molecule has 2 aliphatic rings. The Balaban J connectivity index is 1.77. The van der Waals surface area contributed by atoms with E-state index >= 15 is 0 Å². The third-order valence-corrected chi connectivity index (χ3v) is 4.03. The van der Waals surface area contributed by atoms with Crippen molar-refractivity contribution in [2.75, 3.05) is 18.7 Å². The van der Waals surface area contributed by atoms with Gasteiger partial charge in [-0.05, 0) is 45.7 Å². The van der Waals surface area contributed by atoms with E-state index in [2.05, 4.69) is 10.7 Å². The van der Waals surface area contributed by atoms with Crippen LogP contribution in [0.4, 0.5) is 15.3 Å². The summed E-state index contributed by atoms with van der Waals surface area (Å²) in [4.78, 5) is 24.6. The van der Waals surface area contributed by atoms with Crippen molar-refractivity contribution in [3.8, 4) is 11.5 Å². The summed E-state index contributed by atoms with van der Waals surface area (Å²) in [5, 5.41) is 4.45. The molecule has 0 aromatic heterocycles. The summed E-state index contributed by atoms with van der Waals surface area (Å²) >= 11 is 0. The number of carbonyl (C=O) groups excluding carboxylic acids is 2. The first-order chi connectivity index (χ1) is 12.8. The number of hydrogen-bond acceptors (Lipinski definition) is 7. The minimum atomic E-state index is -0.706.